The molecule has 2 N–H and O–H groups in total. The van der Waals surface area contributed by atoms with Crippen LogP contribution in [-0.2, 0) is 4.79 Å². The van der Waals surface area contributed by atoms with E-state index < -0.39 is 0 Å². The Bertz CT molecular complexity index is 201. The predicted octanol–water partition coefficient (Wildman–Crippen LogP) is -0.0599. The van der Waals surface area contributed by atoms with E-state index >= 15 is 0 Å². The Morgan fingerprint density at radius 2 is 2.00 bits per heavy atom. The first kappa shape index (κ1) is 6.23. The van der Waals surface area contributed by atoms with E-state index in [9.17, 15) is 4.79 Å². The van der Waals surface area contributed by atoms with Crippen LogP contribution in [0.2, 0.25) is 0 Å². The van der Waals surface area contributed by atoms with Crippen LogP contribution in [0.25, 0.3) is 0 Å². The lowest BCUT2D eigenvalue weighted by molar-refractivity contribution is -0.496. The second kappa shape index (κ2) is 2.15. The van der Waals surface area contributed by atoms with Crippen molar-refractivity contribution in [3.05, 3.63) is 23.4 Å². The predicted molar refractivity (Wildman–Crippen MR) is 34.4 cm³/mol. The van der Waals surface area contributed by atoms with E-state index in [0.717, 1.165) is 5.57 Å². The Kier molecular flexibility index (Phi) is 1.49. The van der Waals surface area contributed by atoms with Gasteiger partial charge in [-0.2, -0.15) is 0 Å². The fraction of sp³-hybridized carbons (Fsp3) is 0.286. The molecule has 0 bridgehead atoms. The quantitative estimate of drug-likeness (QED) is 0.482. The van der Waals surface area contributed by atoms with Crippen molar-refractivity contribution in [2.24, 2.45) is 0 Å². The van der Waals surface area contributed by atoms with Gasteiger partial charge in [0.15, 0.2) is 0 Å². The Hall–Kier alpha value is -0.890. The summed E-state index contributed by atoms with van der Waals surface area (Å²) < 4.78 is 0. The summed E-state index contributed by atoms with van der Waals surface area (Å²) in [6.07, 6.45) is 3.49. The zero-order chi connectivity index (χ0) is 6.85. The third-order valence-electron chi connectivity index (χ3n) is 1.48. The van der Waals surface area contributed by atoms with Gasteiger partial charge in [0.1, 0.15) is 6.20 Å². The normalized spacial score (nSPS) is 19.1. The Balaban J connectivity index is 2.87. The highest BCUT2D eigenvalue weighted by molar-refractivity contribution is 5.81. The molecule has 0 aromatic carbocycles. The van der Waals surface area contributed by atoms with Gasteiger partial charge in [0, 0.05) is 11.6 Å². The zero-order valence-corrected chi connectivity index (χ0v) is 5.64. The van der Waals surface area contributed by atoms with Crippen LogP contribution in [0, 0.1) is 0 Å². The highest BCUT2D eigenvalue weighted by Crippen LogP contribution is 2.06. The van der Waals surface area contributed by atoms with Gasteiger partial charge in [-0.1, -0.05) is 0 Å². The number of quaternary nitrogens is 1. The molecule has 1 rings (SSSR count). The lowest BCUT2D eigenvalue weighted by Crippen LogP contribution is -2.82. The van der Waals surface area contributed by atoms with Crippen LogP contribution in [0.1, 0.15) is 13.8 Å². The number of allylic oxidation sites excluding steroid dienone is 2. The topological polar surface area (TPSA) is 33.7 Å². The van der Waals surface area contributed by atoms with Crippen molar-refractivity contribution in [2.75, 3.05) is 0 Å². The Morgan fingerprint density at radius 1 is 1.33 bits per heavy atom. The largest absolute Gasteiger partial charge is 0.340 e. The molecule has 2 heteroatoms. The number of nitrogens with two attached hydrogens (primary N) is 1. The standard InChI is InChI=1S/C7H9NO/c1-5-3-7(9)8-4-6(5)2/h3-4H,1-2H3,(H,8,9)/p+1. The van der Waals surface area contributed by atoms with Crippen LogP contribution in [0.3, 0.4) is 0 Å². The molecule has 0 unspecified atom stereocenters. The van der Waals surface area contributed by atoms with E-state index in [1.54, 1.807) is 11.4 Å². The van der Waals surface area contributed by atoms with Crippen molar-refractivity contribution in [3.63, 3.8) is 0 Å². The van der Waals surface area contributed by atoms with Gasteiger partial charge in [-0.3, -0.25) is 5.32 Å². The van der Waals surface area contributed by atoms with E-state index in [1.807, 2.05) is 20.0 Å². The van der Waals surface area contributed by atoms with Crippen molar-refractivity contribution < 1.29 is 10.1 Å². The molecule has 1 amide bonds. The molecule has 0 radical (unpaired) electrons. The summed E-state index contributed by atoms with van der Waals surface area (Å²) >= 11 is 0. The molecular formula is C7H10NO+. The molecular weight excluding hydrogens is 114 g/mol. The number of hydrogen-bond donors (Lipinski definition) is 1. The highest BCUT2D eigenvalue weighted by Gasteiger charge is 2.07. The molecule has 0 saturated carbocycles. The van der Waals surface area contributed by atoms with Crippen LogP contribution in [0.4, 0.5) is 0 Å². The lowest BCUT2D eigenvalue weighted by Gasteiger charge is -2.02. The molecule has 0 atom stereocenters. The zero-order valence-electron chi connectivity index (χ0n) is 5.64. The smallest absolute Gasteiger partial charge is 0.253 e. The fourth-order valence-corrected chi connectivity index (χ4v) is 0.714. The lowest BCUT2D eigenvalue weighted by atomic mass is 10.1. The molecule has 1 aliphatic rings. The Labute approximate surface area is 54.3 Å². The van der Waals surface area contributed by atoms with Gasteiger partial charge in [-0.25, -0.2) is 4.79 Å². The van der Waals surface area contributed by atoms with E-state index in [-0.39, 0.29) is 5.91 Å². The molecule has 48 valence electrons. The van der Waals surface area contributed by atoms with Crippen molar-refractivity contribution in [3.8, 4) is 0 Å². The van der Waals surface area contributed by atoms with Gasteiger partial charge in [0.2, 0.25) is 0 Å². The van der Waals surface area contributed by atoms with Gasteiger partial charge in [-0.05, 0) is 19.4 Å². The monoisotopic (exact) mass is 124 g/mol. The van der Waals surface area contributed by atoms with E-state index in [1.165, 1.54) is 5.57 Å². The molecule has 1 heterocycles. The van der Waals surface area contributed by atoms with Crippen LogP contribution >= 0.6 is 0 Å². The maximum absolute atomic E-state index is 10.6. The van der Waals surface area contributed by atoms with E-state index in [4.69, 9.17) is 0 Å². The van der Waals surface area contributed by atoms with Gasteiger partial charge >= 0.3 is 5.91 Å². The number of rotatable bonds is 0. The molecule has 0 aromatic heterocycles. The van der Waals surface area contributed by atoms with E-state index in [0.29, 0.717) is 0 Å². The van der Waals surface area contributed by atoms with Crippen LogP contribution < -0.4 is 5.32 Å². The summed E-state index contributed by atoms with van der Waals surface area (Å²) in [6, 6.07) is 0. The fourth-order valence-electron chi connectivity index (χ4n) is 0.714. The number of carbonyl (C=O) groups excluding carboxylic acids is 1. The molecule has 2 nitrogen and oxygen atoms in total. The number of carbonyl (C=O) groups is 1. The minimum absolute atomic E-state index is 0.0955. The van der Waals surface area contributed by atoms with Crippen LogP contribution in [-0.4, -0.2) is 5.91 Å². The number of amides is 1. The van der Waals surface area contributed by atoms with Crippen molar-refractivity contribution in [1.82, 2.24) is 0 Å². The van der Waals surface area contributed by atoms with Gasteiger partial charge in [0.25, 0.3) is 0 Å². The molecule has 1 aliphatic heterocycles. The molecule has 0 saturated heterocycles. The van der Waals surface area contributed by atoms with Gasteiger partial charge in [0.05, 0.1) is 0 Å². The highest BCUT2D eigenvalue weighted by atomic mass is 16.1. The molecule has 0 fully saturated rings. The second-order valence-corrected chi connectivity index (χ2v) is 2.25. The molecule has 0 spiro atoms. The van der Waals surface area contributed by atoms with Gasteiger partial charge in [-0.15, -0.1) is 0 Å². The average molecular weight is 124 g/mol. The van der Waals surface area contributed by atoms with Gasteiger partial charge < -0.3 is 0 Å². The minimum atomic E-state index is 0.0955. The number of primary amides is 1. The maximum Gasteiger partial charge on any atom is 0.340 e. The van der Waals surface area contributed by atoms with Crippen molar-refractivity contribution in [2.45, 2.75) is 13.8 Å². The summed E-state index contributed by atoms with van der Waals surface area (Å²) in [4.78, 5) is 10.6. The van der Waals surface area contributed by atoms with Crippen molar-refractivity contribution in [1.29, 1.82) is 0 Å². The van der Waals surface area contributed by atoms with Crippen LogP contribution in [0.5, 0.6) is 0 Å². The summed E-state index contributed by atoms with van der Waals surface area (Å²) in [6.45, 7) is 3.94. The summed E-state index contributed by atoms with van der Waals surface area (Å²) in [5.74, 6) is 0.0955. The third kappa shape index (κ3) is 1.27. The summed E-state index contributed by atoms with van der Waals surface area (Å²) in [7, 11) is 0. The first-order valence-corrected chi connectivity index (χ1v) is 2.94. The first-order chi connectivity index (χ1) is 4.20. The summed E-state index contributed by atoms with van der Waals surface area (Å²) in [5, 5.41) is 1.59. The third-order valence-corrected chi connectivity index (χ3v) is 1.48. The minimum Gasteiger partial charge on any atom is -0.253 e. The molecule has 0 aliphatic carbocycles. The van der Waals surface area contributed by atoms with Crippen molar-refractivity contribution >= 4 is 5.91 Å². The van der Waals surface area contributed by atoms with Crippen LogP contribution in [0.15, 0.2) is 23.4 Å². The SMILES string of the molecule is CC1=C[NH2+]C(=O)C=C1C. The average Bonchev–Trinajstić information content (AvgIpc) is 1.80. The molecule has 9 heavy (non-hydrogen) atoms. The van der Waals surface area contributed by atoms with E-state index in [2.05, 4.69) is 0 Å². The number of hydrogen-bond acceptors (Lipinski definition) is 1. The summed E-state index contributed by atoms with van der Waals surface area (Å²) in [5.41, 5.74) is 2.25. The molecule has 0 aromatic rings. The Morgan fingerprint density at radius 3 is 2.44 bits per heavy atom. The second-order valence-electron chi connectivity index (χ2n) is 2.25. The first-order valence-electron chi connectivity index (χ1n) is 2.94. The maximum atomic E-state index is 10.6.